The molecule has 0 saturated carbocycles. The van der Waals surface area contributed by atoms with Crippen molar-refractivity contribution in [3.63, 3.8) is 0 Å². The molecule has 72 valence electrons. The normalized spacial score (nSPS) is 24.8. The molecule has 1 aliphatic heterocycles. The molecule has 2 atom stereocenters. The van der Waals surface area contributed by atoms with Gasteiger partial charge in [-0.15, -0.1) is 11.3 Å². The van der Waals surface area contributed by atoms with Crippen molar-refractivity contribution in [1.82, 2.24) is 4.98 Å². The van der Waals surface area contributed by atoms with Crippen LogP contribution in [-0.2, 0) is 11.2 Å². The summed E-state index contributed by atoms with van der Waals surface area (Å²) in [6, 6.07) is 0. The predicted molar refractivity (Wildman–Crippen MR) is 50.8 cm³/mol. The average molecular weight is 199 g/mol. The Hall–Kier alpha value is -0.450. The number of ether oxygens (including phenoxy) is 1. The number of hydrogen-bond acceptors (Lipinski definition) is 4. The minimum absolute atomic E-state index is 0.0436. The van der Waals surface area contributed by atoms with Gasteiger partial charge in [0.1, 0.15) is 0 Å². The molecule has 1 aromatic rings. The number of aromatic nitrogens is 1. The monoisotopic (exact) mass is 199 g/mol. The highest BCUT2D eigenvalue weighted by Gasteiger charge is 2.24. The smallest absolute Gasteiger partial charge is 0.0850 e. The molecule has 4 heteroatoms. The standard InChI is InChI=1S/C9H13NO2S/c11-8(9-2-1-3-12-9)4-7-5-10-6-13-7/h5-6,8-9,11H,1-4H2. The lowest BCUT2D eigenvalue weighted by Gasteiger charge is -2.15. The van der Waals surface area contributed by atoms with Crippen LogP contribution >= 0.6 is 11.3 Å². The van der Waals surface area contributed by atoms with E-state index in [4.69, 9.17) is 4.74 Å². The summed E-state index contributed by atoms with van der Waals surface area (Å²) in [6.07, 6.45) is 4.23. The van der Waals surface area contributed by atoms with E-state index in [9.17, 15) is 5.11 Å². The highest BCUT2D eigenvalue weighted by Crippen LogP contribution is 2.19. The molecule has 1 fully saturated rings. The summed E-state index contributed by atoms with van der Waals surface area (Å²) in [5, 5.41) is 9.77. The number of hydrogen-bond donors (Lipinski definition) is 1. The molecule has 0 aliphatic carbocycles. The Labute approximate surface area is 81.4 Å². The molecule has 0 bridgehead atoms. The van der Waals surface area contributed by atoms with Gasteiger partial charge in [-0.05, 0) is 12.8 Å². The van der Waals surface area contributed by atoms with Gasteiger partial charge < -0.3 is 9.84 Å². The molecule has 3 nitrogen and oxygen atoms in total. The molecule has 0 spiro atoms. The quantitative estimate of drug-likeness (QED) is 0.796. The van der Waals surface area contributed by atoms with E-state index in [1.54, 1.807) is 16.8 Å². The van der Waals surface area contributed by atoms with Gasteiger partial charge in [-0.2, -0.15) is 0 Å². The molecule has 2 heterocycles. The van der Waals surface area contributed by atoms with Crippen molar-refractivity contribution >= 4 is 11.3 Å². The number of rotatable bonds is 3. The zero-order valence-corrected chi connectivity index (χ0v) is 8.17. The Morgan fingerprint density at radius 2 is 2.69 bits per heavy atom. The molecule has 0 amide bonds. The fourth-order valence-corrected chi connectivity index (χ4v) is 2.23. The van der Waals surface area contributed by atoms with Crippen molar-refractivity contribution in [1.29, 1.82) is 0 Å². The topological polar surface area (TPSA) is 42.4 Å². The molecule has 1 N–H and O–H groups in total. The largest absolute Gasteiger partial charge is 0.390 e. The Kier molecular flexibility index (Phi) is 2.93. The van der Waals surface area contributed by atoms with Crippen molar-refractivity contribution in [2.45, 2.75) is 31.5 Å². The van der Waals surface area contributed by atoms with Crippen molar-refractivity contribution in [3.8, 4) is 0 Å². The van der Waals surface area contributed by atoms with Gasteiger partial charge in [0, 0.05) is 24.1 Å². The molecule has 0 radical (unpaired) electrons. The third-order valence-corrected chi connectivity index (χ3v) is 3.09. The van der Waals surface area contributed by atoms with Crippen molar-refractivity contribution < 1.29 is 9.84 Å². The van der Waals surface area contributed by atoms with Crippen molar-refractivity contribution in [3.05, 3.63) is 16.6 Å². The van der Waals surface area contributed by atoms with Crippen LogP contribution in [0.5, 0.6) is 0 Å². The van der Waals surface area contributed by atoms with E-state index in [0.29, 0.717) is 6.42 Å². The maximum atomic E-state index is 9.77. The van der Waals surface area contributed by atoms with Crippen LogP contribution in [0.4, 0.5) is 0 Å². The maximum Gasteiger partial charge on any atom is 0.0850 e. The minimum atomic E-state index is -0.358. The molecule has 1 aromatic heterocycles. The summed E-state index contributed by atoms with van der Waals surface area (Å²) in [6.45, 7) is 0.796. The lowest BCUT2D eigenvalue weighted by atomic mass is 10.1. The second-order valence-electron chi connectivity index (χ2n) is 3.29. The Bertz CT molecular complexity index is 244. The third kappa shape index (κ3) is 2.27. The molecule has 1 aliphatic rings. The summed E-state index contributed by atoms with van der Waals surface area (Å²) in [4.78, 5) is 5.10. The van der Waals surface area contributed by atoms with E-state index in [2.05, 4.69) is 4.98 Å². The summed E-state index contributed by atoms with van der Waals surface area (Å²) in [5.74, 6) is 0. The van der Waals surface area contributed by atoms with Crippen LogP contribution in [0.1, 0.15) is 17.7 Å². The van der Waals surface area contributed by atoms with Gasteiger partial charge in [0.05, 0.1) is 17.7 Å². The van der Waals surface area contributed by atoms with Gasteiger partial charge in [0.2, 0.25) is 0 Å². The van der Waals surface area contributed by atoms with Gasteiger partial charge in [-0.1, -0.05) is 0 Å². The fraction of sp³-hybridized carbons (Fsp3) is 0.667. The highest BCUT2D eigenvalue weighted by atomic mass is 32.1. The second-order valence-corrected chi connectivity index (χ2v) is 4.26. The number of nitrogens with zero attached hydrogens (tertiary/aromatic N) is 1. The van der Waals surface area contributed by atoms with Crippen LogP contribution in [0.3, 0.4) is 0 Å². The fourth-order valence-electron chi connectivity index (χ4n) is 1.59. The zero-order valence-electron chi connectivity index (χ0n) is 7.35. The SMILES string of the molecule is OC(Cc1cncs1)C1CCCO1. The van der Waals surface area contributed by atoms with Gasteiger partial charge in [0.25, 0.3) is 0 Å². The van der Waals surface area contributed by atoms with E-state index >= 15 is 0 Å². The lowest BCUT2D eigenvalue weighted by molar-refractivity contribution is -0.000419. The van der Waals surface area contributed by atoms with Crippen molar-refractivity contribution in [2.75, 3.05) is 6.61 Å². The van der Waals surface area contributed by atoms with E-state index in [-0.39, 0.29) is 12.2 Å². The van der Waals surface area contributed by atoms with Crippen LogP contribution < -0.4 is 0 Å². The number of thiazole rings is 1. The molecule has 2 rings (SSSR count). The van der Waals surface area contributed by atoms with Crippen molar-refractivity contribution in [2.24, 2.45) is 0 Å². The van der Waals surface area contributed by atoms with Crippen LogP contribution in [0, 0.1) is 0 Å². The van der Waals surface area contributed by atoms with Crippen LogP contribution in [0.25, 0.3) is 0 Å². The molecule has 2 unspecified atom stereocenters. The first kappa shape index (κ1) is 9.12. The second kappa shape index (κ2) is 4.17. The minimum Gasteiger partial charge on any atom is -0.390 e. The van der Waals surface area contributed by atoms with E-state index in [1.807, 2.05) is 6.20 Å². The molecular formula is C9H13NO2S. The van der Waals surface area contributed by atoms with Gasteiger partial charge in [-0.25, -0.2) is 0 Å². The average Bonchev–Trinajstić information content (AvgIpc) is 2.74. The first-order valence-electron chi connectivity index (χ1n) is 4.53. The summed E-state index contributed by atoms with van der Waals surface area (Å²) in [7, 11) is 0. The molecular weight excluding hydrogens is 186 g/mol. The first-order chi connectivity index (χ1) is 6.36. The lowest BCUT2D eigenvalue weighted by Crippen LogP contribution is -2.26. The van der Waals surface area contributed by atoms with Crippen LogP contribution in [0.2, 0.25) is 0 Å². The van der Waals surface area contributed by atoms with Crippen LogP contribution in [0.15, 0.2) is 11.7 Å². The Balaban J connectivity index is 1.87. The summed E-state index contributed by atoms with van der Waals surface area (Å²) < 4.78 is 5.40. The molecule has 1 saturated heterocycles. The number of aliphatic hydroxyl groups is 1. The van der Waals surface area contributed by atoms with E-state index in [0.717, 1.165) is 24.3 Å². The van der Waals surface area contributed by atoms with Crippen LogP contribution in [-0.4, -0.2) is 28.9 Å². The third-order valence-electron chi connectivity index (χ3n) is 2.29. The summed E-state index contributed by atoms with van der Waals surface area (Å²) in [5.41, 5.74) is 1.79. The predicted octanol–water partition coefficient (Wildman–Crippen LogP) is 1.23. The summed E-state index contributed by atoms with van der Waals surface area (Å²) >= 11 is 1.58. The maximum absolute atomic E-state index is 9.77. The van der Waals surface area contributed by atoms with Gasteiger partial charge in [0.15, 0.2) is 0 Å². The highest BCUT2D eigenvalue weighted by molar-refractivity contribution is 7.09. The molecule has 13 heavy (non-hydrogen) atoms. The van der Waals surface area contributed by atoms with Gasteiger partial charge in [-0.3, -0.25) is 4.98 Å². The van der Waals surface area contributed by atoms with E-state index in [1.165, 1.54) is 0 Å². The van der Waals surface area contributed by atoms with Gasteiger partial charge >= 0.3 is 0 Å². The van der Waals surface area contributed by atoms with E-state index < -0.39 is 0 Å². The Morgan fingerprint density at radius 1 is 1.77 bits per heavy atom. The zero-order chi connectivity index (χ0) is 9.10. The molecule has 0 aromatic carbocycles. The number of aliphatic hydroxyl groups excluding tert-OH is 1. The first-order valence-corrected chi connectivity index (χ1v) is 5.41. The Morgan fingerprint density at radius 3 is 3.31 bits per heavy atom.